The smallest absolute Gasteiger partial charge is 0.227 e. The Kier molecular flexibility index (Phi) is 4.96. The zero-order chi connectivity index (χ0) is 18.1. The summed E-state index contributed by atoms with van der Waals surface area (Å²) in [5.74, 6) is 2.17. The Morgan fingerprint density at radius 3 is 2.50 bits per heavy atom. The van der Waals surface area contributed by atoms with Gasteiger partial charge in [0.2, 0.25) is 5.95 Å². The van der Waals surface area contributed by atoms with Crippen LogP contribution in [0.3, 0.4) is 0 Å². The number of rotatable bonds is 3. The number of hydrogen-bond acceptors (Lipinski definition) is 5. The average molecular weight is 356 g/mol. The molecule has 6 heteroatoms. The topological polar surface area (TPSA) is 52.4 Å². The highest BCUT2D eigenvalue weighted by molar-refractivity contribution is 5.34. The lowest BCUT2D eigenvalue weighted by molar-refractivity contribution is -0.00688. The number of nitrogens with zero attached hydrogens (tertiary/aromatic N) is 4. The lowest BCUT2D eigenvalue weighted by Crippen LogP contribution is -2.46. The number of hydrogen-bond donors (Lipinski definition) is 0. The second-order valence-corrected chi connectivity index (χ2v) is 7.53. The van der Waals surface area contributed by atoms with Crippen LogP contribution in [-0.4, -0.2) is 46.7 Å². The van der Waals surface area contributed by atoms with Gasteiger partial charge >= 0.3 is 0 Å². The number of aromatic nitrogens is 3. The molecule has 2 aliphatic rings. The molecule has 6 nitrogen and oxygen atoms in total. The molecule has 0 bridgehead atoms. The maximum Gasteiger partial charge on any atom is 0.227 e. The van der Waals surface area contributed by atoms with Crippen molar-refractivity contribution in [1.82, 2.24) is 14.8 Å². The predicted octanol–water partition coefficient (Wildman–Crippen LogP) is 3.06. The van der Waals surface area contributed by atoms with Gasteiger partial charge in [-0.3, -0.25) is 0 Å². The molecule has 3 heterocycles. The van der Waals surface area contributed by atoms with E-state index in [9.17, 15) is 0 Å². The quantitative estimate of drug-likeness (QED) is 0.846. The number of benzene rings is 1. The summed E-state index contributed by atoms with van der Waals surface area (Å²) in [6.45, 7) is 6.72. The molecule has 0 unspecified atom stereocenters. The minimum absolute atomic E-state index is 0.0447. The Bertz CT molecular complexity index is 723. The molecule has 2 aliphatic heterocycles. The van der Waals surface area contributed by atoms with E-state index in [-0.39, 0.29) is 24.2 Å². The number of anilines is 1. The molecule has 0 aliphatic carbocycles. The van der Waals surface area contributed by atoms with Crippen LogP contribution in [0.5, 0.6) is 0 Å². The molecule has 1 aromatic carbocycles. The molecule has 2 saturated heterocycles. The Morgan fingerprint density at radius 1 is 1.04 bits per heavy atom. The van der Waals surface area contributed by atoms with Crippen LogP contribution in [0.4, 0.5) is 5.95 Å². The van der Waals surface area contributed by atoms with Gasteiger partial charge < -0.3 is 18.9 Å². The lowest BCUT2D eigenvalue weighted by atomic mass is 9.89. The fraction of sp³-hybridized carbons (Fsp3) is 0.600. The fourth-order valence-corrected chi connectivity index (χ4v) is 4.29. The van der Waals surface area contributed by atoms with E-state index < -0.39 is 0 Å². The van der Waals surface area contributed by atoms with Crippen molar-refractivity contribution in [3.05, 3.63) is 41.7 Å². The minimum Gasteiger partial charge on any atom is -0.373 e. The summed E-state index contributed by atoms with van der Waals surface area (Å²) in [5.41, 5.74) is 1.22. The van der Waals surface area contributed by atoms with Crippen LogP contribution in [0.2, 0.25) is 0 Å². The van der Waals surface area contributed by atoms with Gasteiger partial charge in [0.1, 0.15) is 5.82 Å². The zero-order valence-electron chi connectivity index (χ0n) is 15.8. The maximum atomic E-state index is 6.16. The second-order valence-electron chi connectivity index (χ2n) is 7.53. The Balaban J connectivity index is 1.62. The minimum atomic E-state index is 0.0447. The summed E-state index contributed by atoms with van der Waals surface area (Å²) in [7, 11) is 2.08. The molecule has 1 aromatic heterocycles. The number of morpholine rings is 1. The van der Waals surface area contributed by atoms with Crippen LogP contribution in [0.1, 0.15) is 50.1 Å². The van der Waals surface area contributed by atoms with Gasteiger partial charge in [0.15, 0.2) is 0 Å². The molecule has 26 heavy (non-hydrogen) atoms. The van der Waals surface area contributed by atoms with Crippen LogP contribution < -0.4 is 4.90 Å². The zero-order valence-corrected chi connectivity index (χ0v) is 15.8. The molecule has 140 valence electrons. The van der Waals surface area contributed by atoms with Gasteiger partial charge in [0.25, 0.3) is 0 Å². The summed E-state index contributed by atoms with van der Waals surface area (Å²) in [6.07, 6.45) is 2.58. The summed E-state index contributed by atoms with van der Waals surface area (Å²) in [6, 6.07) is 10.5. The lowest BCUT2D eigenvalue weighted by Gasteiger charge is -2.36. The molecular formula is C20H28N4O2. The molecule has 0 spiro atoms. The van der Waals surface area contributed by atoms with Crippen molar-refractivity contribution in [3.63, 3.8) is 0 Å². The van der Waals surface area contributed by atoms with E-state index in [1.807, 2.05) is 6.07 Å². The SMILES string of the molecule is C[C@@H]1CN(c2nnc([C@@H]3CCCO[C@H]3c3ccccc3)n2C)C[C@H](C)O1. The standard InChI is InChI=1S/C20H28N4O2/c1-14-12-24(13-15(2)26-14)20-22-21-19(23(20)3)17-10-7-11-25-18(17)16-8-5-4-6-9-16/h4-6,8-9,14-15,17-18H,7,10-13H2,1-3H3/t14-,15+,17-,18+/m1/s1. The Labute approximate surface area is 155 Å². The highest BCUT2D eigenvalue weighted by Crippen LogP contribution is 2.40. The first-order valence-corrected chi connectivity index (χ1v) is 9.59. The van der Waals surface area contributed by atoms with Crippen molar-refractivity contribution < 1.29 is 9.47 Å². The Morgan fingerprint density at radius 2 is 1.77 bits per heavy atom. The molecule has 0 amide bonds. The van der Waals surface area contributed by atoms with E-state index in [1.54, 1.807) is 0 Å². The molecular weight excluding hydrogens is 328 g/mol. The van der Waals surface area contributed by atoms with Gasteiger partial charge in [-0.25, -0.2) is 0 Å². The highest BCUT2D eigenvalue weighted by Gasteiger charge is 2.34. The van der Waals surface area contributed by atoms with E-state index in [4.69, 9.17) is 9.47 Å². The van der Waals surface area contributed by atoms with E-state index in [0.717, 1.165) is 44.3 Å². The van der Waals surface area contributed by atoms with Crippen molar-refractivity contribution in [2.24, 2.45) is 7.05 Å². The third kappa shape index (κ3) is 3.35. The van der Waals surface area contributed by atoms with Gasteiger partial charge in [0.05, 0.1) is 18.3 Å². The first kappa shape index (κ1) is 17.5. The first-order chi connectivity index (χ1) is 12.6. The predicted molar refractivity (Wildman–Crippen MR) is 100 cm³/mol. The third-order valence-corrected chi connectivity index (χ3v) is 5.37. The summed E-state index contributed by atoms with van der Waals surface area (Å²) >= 11 is 0. The van der Waals surface area contributed by atoms with E-state index in [2.05, 4.69) is 64.8 Å². The van der Waals surface area contributed by atoms with E-state index >= 15 is 0 Å². The van der Waals surface area contributed by atoms with Crippen molar-refractivity contribution in [3.8, 4) is 0 Å². The average Bonchev–Trinajstić information content (AvgIpc) is 3.03. The van der Waals surface area contributed by atoms with E-state index in [1.165, 1.54) is 5.56 Å². The van der Waals surface area contributed by atoms with Crippen LogP contribution >= 0.6 is 0 Å². The molecule has 2 fully saturated rings. The van der Waals surface area contributed by atoms with Crippen LogP contribution in [0.15, 0.2) is 30.3 Å². The van der Waals surface area contributed by atoms with Crippen LogP contribution in [0, 0.1) is 0 Å². The van der Waals surface area contributed by atoms with Crippen LogP contribution in [0.25, 0.3) is 0 Å². The second kappa shape index (κ2) is 7.37. The summed E-state index contributed by atoms with van der Waals surface area (Å²) in [5, 5.41) is 9.13. The molecule has 0 N–H and O–H groups in total. The Hall–Kier alpha value is -1.92. The van der Waals surface area contributed by atoms with Crippen LogP contribution in [-0.2, 0) is 16.5 Å². The maximum absolute atomic E-state index is 6.16. The molecule has 2 aromatic rings. The van der Waals surface area contributed by atoms with Crippen molar-refractivity contribution in [2.75, 3.05) is 24.6 Å². The normalized spacial score (nSPS) is 29.7. The molecule has 4 rings (SSSR count). The molecule has 4 atom stereocenters. The van der Waals surface area contributed by atoms with Crippen molar-refractivity contribution in [1.29, 1.82) is 0 Å². The molecule has 0 saturated carbocycles. The summed E-state index contributed by atoms with van der Waals surface area (Å²) < 4.78 is 14.2. The van der Waals surface area contributed by atoms with Gasteiger partial charge in [-0.2, -0.15) is 0 Å². The van der Waals surface area contributed by atoms with Crippen molar-refractivity contribution >= 4 is 5.95 Å². The number of ether oxygens (including phenoxy) is 2. The highest BCUT2D eigenvalue weighted by atomic mass is 16.5. The van der Waals surface area contributed by atoms with Gasteiger partial charge in [-0.1, -0.05) is 30.3 Å². The first-order valence-electron chi connectivity index (χ1n) is 9.59. The van der Waals surface area contributed by atoms with Crippen molar-refractivity contribution in [2.45, 2.75) is 50.9 Å². The largest absolute Gasteiger partial charge is 0.373 e. The fourth-order valence-electron chi connectivity index (χ4n) is 4.29. The van der Waals surface area contributed by atoms with Gasteiger partial charge in [-0.05, 0) is 32.3 Å². The third-order valence-electron chi connectivity index (χ3n) is 5.37. The van der Waals surface area contributed by atoms with Gasteiger partial charge in [-0.15, -0.1) is 10.2 Å². The molecule has 0 radical (unpaired) electrons. The van der Waals surface area contributed by atoms with E-state index in [0.29, 0.717) is 0 Å². The monoisotopic (exact) mass is 356 g/mol. The summed E-state index contributed by atoms with van der Waals surface area (Å²) in [4.78, 5) is 2.29. The van der Waals surface area contributed by atoms with Gasteiger partial charge in [0, 0.05) is 32.7 Å².